The molecule has 212 valence electrons. The van der Waals surface area contributed by atoms with Gasteiger partial charge < -0.3 is 10.5 Å². The molecule has 0 spiro atoms. The van der Waals surface area contributed by atoms with Crippen molar-refractivity contribution >= 4 is 44.0 Å². The first-order valence-electron chi connectivity index (χ1n) is 12.2. The third kappa shape index (κ3) is 5.52. The lowest BCUT2D eigenvalue weighted by Crippen LogP contribution is -2.21. The van der Waals surface area contributed by atoms with Crippen LogP contribution in [-0.4, -0.2) is 28.9 Å². The van der Waals surface area contributed by atoms with Crippen LogP contribution in [-0.2, 0) is 17.1 Å². The maximum Gasteiger partial charge on any atom is 0.355 e. The molecule has 41 heavy (non-hydrogen) atoms. The Morgan fingerprint density at radius 1 is 1.05 bits per heavy atom. The number of nitrogen functional groups attached to an aromatic ring is 1. The number of fused-ring (bicyclic) bond motifs is 1. The Bertz CT molecular complexity index is 1860. The highest BCUT2D eigenvalue weighted by Gasteiger charge is 2.27. The Kier molecular flexibility index (Phi) is 7.54. The van der Waals surface area contributed by atoms with Gasteiger partial charge in [0.2, 0.25) is 0 Å². The van der Waals surface area contributed by atoms with Crippen molar-refractivity contribution in [3.05, 3.63) is 89.3 Å². The van der Waals surface area contributed by atoms with E-state index in [4.69, 9.17) is 22.1 Å². The van der Waals surface area contributed by atoms with Crippen molar-refractivity contribution < 1.29 is 26.3 Å². The Hall–Kier alpha value is -4.29. The van der Waals surface area contributed by atoms with Gasteiger partial charge in [0.1, 0.15) is 29.2 Å². The van der Waals surface area contributed by atoms with E-state index in [1.165, 1.54) is 42.5 Å². The van der Waals surface area contributed by atoms with Gasteiger partial charge in [0, 0.05) is 35.0 Å². The molecule has 0 fully saturated rings. The smallest absolute Gasteiger partial charge is 0.355 e. The number of rotatable bonds is 8. The third-order valence-corrected chi connectivity index (χ3v) is 7.74. The molecule has 0 aliphatic carbocycles. The predicted octanol–water partition coefficient (Wildman–Crippen LogP) is 6.78. The lowest BCUT2D eigenvalue weighted by atomic mass is 10.0. The molecule has 8 nitrogen and oxygen atoms in total. The number of ether oxygens (including phenoxy) is 1. The average Bonchev–Trinajstić information content (AvgIpc) is 3.28. The van der Waals surface area contributed by atoms with E-state index in [0.717, 1.165) is 5.56 Å². The first kappa shape index (κ1) is 28.2. The zero-order chi connectivity index (χ0) is 29.5. The van der Waals surface area contributed by atoms with Gasteiger partial charge in [0.05, 0.1) is 16.6 Å². The molecule has 0 saturated carbocycles. The minimum Gasteiger partial charge on any atom is -0.484 e. The number of nitrogens with one attached hydrogen (secondary N) is 1. The molecule has 0 aliphatic rings. The second-order valence-electron chi connectivity index (χ2n) is 9.16. The van der Waals surface area contributed by atoms with E-state index in [1.54, 1.807) is 37.0 Å². The fraction of sp³-hybridized carbons (Fsp3) is 0.143. The number of pyridine rings is 1. The summed E-state index contributed by atoms with van der Waals surface area (Å²) in [4.78, 5) is 4.36. The number of nitrogens with zero attached hydrogens (tertiary/aromatic N) is 3. The fourth-order valence-corrected chi connectivity index (χ4v) is 5.26. The zero-order valence-corrected chi connectivity index (χ0v) is 23.2. The van der Waals surface area contributed by atoms with E-state index in [2.05, 4.69) is 10.1 Å². The summed E-state index contributed by atoms with van der Waals surface area (Å²) < 4.78 is 73.4. The largest absolute Gasteiger partial charge is 0.484 e. The van der Waals surface area contributed by atoms with Crippen LogP contribution in [0.25, 0.3) is 33.3 Å². The Balaban J connectivity index is 1.66. The third-order valence-electron chi connectivity index (χ3n) is 6.44. The molecular weight excluding hydrogens is 579 g/mol. The van der Waals surface area contributed by atoms with Gasteiger partial charge in [-0.1, -0.05) is 48.0 Å². The van der Waals surface area contributed by atoms with Gasteiger partial charge in [-0.25, -0.2) is 17.8 Å². The Morgan fingerprint density at radius 3 is 2.44 bits per heavy atom. The average molecular weight is 602 g/mol. The van der Waals surface area contributed by atoms with Gasteiger partial charge in [0.15, 0.2) is 0 Å². The van der Waals surface area contributed by atoms with Gasteiger partial charge in [-0.3, -0.25) is 9.40 Å². The van der Waals surface area contributed by atoms with E-state index in [9.17, 15) is 21.6 Å². The monoisotopic (exact) mass is 601 g/mol. The molecular formula is C28H23ClF3N5O3S. The molecule has 0 unspecified atom stereocenters. The molecule has 0 amide bonds. The van der Waals surface area contributed by atoms with Crippen molar-refractivity contribution in [3.63, 3.8) is 0 Å². The number of benzene rings is 3. The fourth-order valence-electron chi connectivity index (χ4n) is 4.46. The maximum absolute atomic E-state index is 13.4. The predicted molar refractivity (Wildman–Crippen MR) is 153 cm³/mol. The number of aromatic nitrogens is 3. The standard InChI is InChI=1S/C28H23ClF3N5O3S/c1-15(16-7-10-18(30)11-8-16)40-23-13-17(9-12-22(23)36-41(38,39)28(31)32)25-24-26(37(2)35-25)20(14-34-27(24)33)19-5-3-4-6-21(19)29/h3-15,28,36H,1-2H3,(H2,33,34)/t15-/m0/s1. The molecule has 0 radical (unpaired) electrons. The molecule has 0 aliphatic heterocycles. The summed E-state index contributed by atoms with van der Waals surface area (Å²) in [6.45, 7) is 1.65. The number of sulfonamides is 1. The number of nitrogens with two attached hydrogens (primary N) is 1. The maximum atomic E-state index is 13.4. The molecule has 0 bridgehead atoms. The molecule has 0 saturated heterocycles. The highest BCUT2D eigenvalue weighted by Crippen LogP contribution is 2.41. The molecule has 5 aromatic rings. The van der Waals surface area contributed by atoms with Crippen molar-refractivity contribution in [3.8, 4) is 28.1 Å². The van der Waals surface area contributed by atoms with Crippen LogP contribution < -0.4 is 15.2 Å². The van der Waals surface area contributed by atoms with E-state index in [-0.39, 0.29) is 17.3 Å². The molecule has 1 atom stereocenters. The van der Waals surface area contributed by atoms with Crippen LogP contribution in [0, 0.1) is 5.82 Å². The minimum absolute atomic E-state index is 0.0591. The van der Waals surface area contributed by atoms with Crippen LogP contribution in [0.15, 0.2) is 72.9 Å². The van der Waals surface area contributed by atoms with Crippen molar-refractivity contribution in [2.75, 3.05) is 10.5 Å². The SMILES string of the molecule is C[C@H](Oc1cc(-c2nn(C)c3c(-c4ccccc4Cl)cnc(N)c23)ccc1NS(=O)(=O)C(F)F)c1ccc(F)cc1. The summed E-state index contributed by atoms with van der Waals surface area (Å²) >= 11 is 6.46. The summed E-state index contributed by atoms with van der Waals surface area (Å²) in [5.74, 6) is -3.99. The van der Waals surface area contributed by atoms with Crippen molar-refractivity contribution in [2.45, 2.75) is 18.8 Å². The van der Waals surface area contributed by atoms with Crippen LogP contribution in [0.4, 0.5) is 24.7 Å². The Morgan fingerprint density at radius 2 is 1.76 bits per heavy atom. The normalized spacial score (nSPS) is 12.6. The molecule has 13 heteroatoms. The number of aryl methyl sites for hydroxylation is 1. The van der Waals surface area contributed by atoms with Gasteiger partial charge >= 0.3 is 5.76 Å². The highest BCUT2D eigenvalue weighted by molar-refractivity contribution is 7.93. The summed E-state index contributed by atoms with van der Waals surface area (Å²) in [7, 11) is -3.28. The number of hydrogen-bond donors (Lipinski definition) is 2. The second kappa shape index (κ2) is 10.9. The molecule has 2 heterocycles. The van der Waals surface area contributed by atoms with Gasteiger partial charge in [0.25, 0.3) is 10.0 Å². The van der Waals surface area contributed by atoms with Gasteiger partial charge in [-0.15, -0.1) is 0 Å². The second-order valence-corrected chi connectivity index (χ2v) is 11.2. The van der Waals surface area contributed by atoms with Crippen LogP contribution >= 0.6 is 11.6 Å². The lowest BCUT2D eigenvalue weighted by molar-refractivity contribution is 0.228. The topological polar surface area (TPSA) is 112 Å². The zero-order valence-electron chi connectivity index (χ0n) is 21.6. The highest BCUT2D eigenvalue weighted by atomic mass is 35.5. The van der Waals surface area contributed by atoms with Crippen LogP contribution in [0.3, 0.4) is 0 Å². The quantitative estimate of drug-likeness (QED) is 0.203. The number of anilines is 2. The van der Waals surface area contributed by atoms with Crippen molar-refractivity contribution in [1.82, 2.24) is 14.8 Å². The first-order chi connectivity index (χ1) is 19.5. The summed E-state index contributed by atoms with van der Waals surface area (Å²) in [5.41, 5.74) is 9.55. The minimum atomic E-state index is -5.01. The van der Waals surface area contributed by atoms with Crippen molar-refractivity contribution in [1.29, 1.82) is 0 Å². The summed E-state index contributed by atoms with van der Waals surface area (Å²) in [6, 6.07) is 17.0. The van der Waals surface area contributed by atoms with Gasteiger partial charge in [-0.05, 0) is 42.8 Å². The van der Waals surface area contributed by atoms with Gasteiger partial charge in [-0.2, -0.15) is 13.9 Å². The number of hydrogen-bond acceptors (Lipinski definition) is 6. The number of halogens is 4. The molecule has 3 aromatic carbocycles. The van der Waals surface area contributed by atoms with Crippen LogP contribution in [0.1, 0.15) is 18.6 Å². The first-order valence-corrected chi connectivity index (χ1v) is 14.1. The van der Waals surface area contributed by atoms with Crippen molar-refractivity contribution in [2.24, 2.45) is 7.05 Å². The van der Waals surface area contributed by atoms with E-state index in [1.807, 2.05) is 16.9 Å². The molecule has 5 rings (SSSR count). The Labute approximate surface area is 238 Å². The molecule has 2 aromatic heterocycles. The van der Waals surface area contributed by atoms with Crippen LogP contribution in [0.2, 0.25) is 5.02 Å². The summed E-state index contributed by atoms with van der Waals surface area (Å²) in [6.07, 6.45) is 0.894. The molecule has 3 N–H and O–H groups in total. The number of alkyl halides is 2. The van der Waals surface area contributed by atoms with E-state index >= 15 is 0 Å². The van der Waals surface area contributed by atoms with E-state index in [0.29, 0.717) is 38.3 Å². The summed E-state index contributed by atoms with van der Waals surface area (Å²) in [5, 5.41) is 5.66. The lowest BCUT2D eigenvalue weighted by Gasteiger charge is -2.19. The van der Waals surface area contributed by atoms with E-state index < -0.39 is 27.7 Å². The van der Waals surface area contributed by atoms with Crippen LogP contribution in [0.5, 0.6) is 5.75 Å².